The van der Waals surface area contributed by atoms with Gasteiger partial charge in [-0.05, 0) is 41.8 Å². The predicted molar refractivity (Wildman–Crippen MR) is 128 cm³/mol. The summed E-state index contributed by atoms with van der Waals surface area (Å²) >= 11 is 0.570. The molecule has 0 amide bonds. The first kappa shape index (κ1) is 26.1. The van der Waals surface area contributed by atoms with E-state index < -0.39 is 40.6 Å². The lowest BCUT2D eigenvalue weighted by molar-refractivity contribution is -0.138. The monoisotopic (exact) mass is 537 g/mol. The molecule has 2 N–H and O–H groups in total. The van der Waals surface area contributed by atoms with Gasteiger partial charge in [0.1, 0.15) is 5.69 Å². The number of halogens is 6. The van der Waals surface area contributed by atoms with Crippen LogP contribution in [0, 0.1) is 17.5 Å². The number of ether oxygens (including phenoxy) is 1. The summed E-state index contributed by atoms with van der Waals surface area (Å²) in [6.45, 7) is 0. The maximum absolute atomic E-state index is 14.8. The number of aromatic nitrogens is 3. The molecule has 2 aromatic heterocycles. The van der Waals surface area contributed by atoms with Gasteiger partial charge in [0.2, 0.25) is 17.6 Å². The Labute approximate surface area is 211 Å². The number of anilines is 2. The predicted octanol–water partition coefficient (Wildman–Crippen LogP) is 7.07. The van der Waals surface area contributed by atoms with E-state index in [1.54, 1.807) is 25.2 Å². The normalized spacial score (nSPS) is 11.3. The SMILES string of the molecule is CNc1nccc(-c2cccnc2Oc2cc(F)c(NSCc3ccccc3C(F)(F)F)c(F)c2F)n1. The summed E-state index contributed by atoms with van der Waals surface area (Å²) in [5.74, 6) is -5.29. The molecule has 0 saturated carbocycles. The summed E-state index contributed by atoms with van der Waals surface area (Å²) in [6, 6.07) is 10.1. The van der Waals surface area contributed by atoms with E-state index in [1.807, 2.05) is 0 Å². The molecular weight excluding hydrogens is 520 g/mol. The van der Waals surface area contributed by atoms with Crippen LogP contribution in [0.25, 0.3) is 11.3 Å². The van der Waals surface area contributed by atoms with E-state index in [-0.39, 0.29) is 17.2 Å². The summed E-state index contributed by atoms with van der Waals surface area (Å²) in [5, 5.41) is 2.77. The second-order valence-electron chi connectivity index (χ2n) is 7.38. The number of nitrogens with zero attached hydrogens (tertiary/aromatic N) is 3. The molecule has 0 unspecified atom stereocenters. The Morgan fingerprint density at radius 2 is 1.73 bits per heavy atom. The summed E-state index contributed by atoms with van der Waals surface area (Å²) < 4.78 is 91.4. The van der Waals surface area contributed by atoms with Gasteiger partial charge in [-0.2, -0.15) is 17.6 Å². The quantitative estimate of drug-likeness (QED) is 0.142. The Balaban J connectivity index is 1.55. The smallest absolute Gasteiger partial charge is 0.416 e. The van der Waals surface area contributed by atoms with Gasteiger partial charge in [0, 0.05) is 31.3 Å². The van der Waals surface area contributed by atoms with Gasteiger partial charge in [-0.25, -0.2) is 23.7 Å². The summed E-state index contributed by atoms with van der Waals surface area (Å²) in [6.07, 6.45) is -1.78. The lowest BCUT2D eigenvalue weighted by Gasteiger charge is -2.15. The maximum atomic E-state index is 14.8. The summed E-state index contributed by atoms with van der Waals surface area (Å²) in [4.78, 5) is 12.3. The third-order valence-electron chi connectivity index (χ3n) is 4.98. The Kier molecular flexibility index (Phi) is 7.71. The van der Waals surface area contributed by atoms with Crippen LogP contribution in [0.15, 0.2) is 60.9 Å². The van der Waals surface area contributed by atoms with E-state index in [0.29, 0.717) is 35.2 Å². The molecule has 0 aliphatic carbocycles. The zero-order valence-corrected chi connectivity index (χ0v) is 19.7. The fraction of sp³-hybridized carbons (Fsp3) is 0.125. The van der Waals surface area contributed by atoms with E-state index in [9.17, 15) is 26.3 Å². The molecule has 0 atom stereocenters. The molecule has 0 aliphatic heterocycles. The second-order valence-corrected chi connectivity index (χ2v) is 8.16. The fourth-order valence-corrected chi connectivity index (χ4v) is 4.06. The van der Waals surface area contributed by atoms with Crippen LogP contribution >= 0.6 is 11.9 Å². The van der Waals surface area contributed by atoms with E-state index in [2.05, 4.69) is 25.0 Å². The van der Waals surface area contributed by atoms with Crippen molar-refractivity contribution in [1.29, 1.82) is 0 Å². The number of rotatable bonds is 8. The first-order chi connectivity index (χ1) is 17.7. The minimum atomic E-state index is -4.59. The van der Waals surface area contributed by atoms with Gasteiger partial charge >= 0.3 is 6.18 Å². The van der Waals surface area contributed by atoms with E-state index in [4.69, 9.17) is 4.74 Å². The molecule has 0 fully saturated rings. The highest BCUT2D eigenvalue weighted by molar-refractivity contribution is 7.99. The summed E-state index contributed by atoms with van der Waals surface area (Å²) in [5.41, 5.74) is -1.19. The van der Waals surface area contributed by atoms with Crippen molar-refractivity contribution in [3.63, 3.8) is 0 Å². The van der Waals surface area contributed by atoms with E-state index in [1.165, 1.54) is 30.6 Å². The van der Waals surface area contributed by atoms with Crippen molar-refractivity contribution in [2.45, 2.75) is 11.9 Å². The third-order valence-corrected chi connectivity index (χ3v) is 5.79. The summed E-state index contributed by atoms with van der Waals surface area (Å²) in [7, 11) is 1.61. The lowest BCUT2D eigenvalue weighted by atomic mass is 10.1. The fourth-order valence-electron chi connectivity index (χ4n) is 3.25. The average molecular weight is 537 g/mol. The number of hydrogen-bond acceptors (Lipinski definition) is 7. The lowest BCUT2D eigenvalue weighted by Crippen LogP contribution is -2.09. The molecule has 37 heavy (non-hydrogen) atoms. The molecule has 0 aliphatic rings. The minimum Gasteiger partial charge on any atom is -0.435 e. The van der Waals surface area contributed by atoms with Gasteiger partial charge in [0.15, 0.2) is 17.4 Å². The molecule has 4 rings (SSSR count). The number of pyridine rings is 1. The van der Waals surface area contributed by atoms with Crippen LogP contribution in [0.4, 0.5) is 38.0 Å². The zero-order chi connectivity index (χ0) is 26.6. The molecule has 0 saturated heterocycles. The molecular formula is C24H17F6N5OS. The van der Waals surface area contributed by atoms with Gasteiger partial charge in [-0.3, -0.25) is 0 Å². The van der Waals surface area contributed by atoms with Crippen LogP contribution in [0.2, 0.25) is 0 Å². The first-order valence-corrected chi connectivity index (χ1v) is 11.5. The Bertz CT molecular complexity index is 1420. The highest BCUT2D eigenvalue weighted by Gasteiger charge is 2.33. The van der Waals surface area contributed by atoms with Crippen molar-refractivity contribution < 1.29 is 31.1 Å². The molecule has 0 radical (unpaired) electrons. The highest BCUT2D eigenvalue weighted by Crippen LogP contribution is 2.37. The van der Waals surface area contributed by atoms with Gasteiger partial charge in [0.05, 0.1) is 16.8 Å². The molecule has 2 heterocycles. The van der Waals surface area contributed by atoms with Crippen molar-refractivity contribution in [3.8, 4) is 22.9 Å². The minimum absolute atomic E-state index is 0.109. The average Bonchev–Trinajstić information content (AvgIpc) is 2.89. The Morgan fingerprint density at radius 3 is 2.49 bits per heavy atom. The number of nitrogens with one attached hydrogen (secondary N) is 2. The van der Waals surface area contributed by atoms with Crippen LogP contribution in [0.1, 0.15) is 11.1 Å². The van der Waals surface area contributed by atoms with Crippen LogP contribution in [-0.4, -0.2) is 22.0 Å². The number of alkyl halides is 3. The van der Waals surface area contributed by atoms with Gasteiger partial charge in [-0.15, -0.1) is 0 Å². The standard InChI is InChI=1S/C24H17F6N5OS/c1-31-23-33-10-8-17(34-23)14-6-4-9-32-22(14)36-18-11-16(25)21(20(27)19(18)26)35-37-12-13-5-2-3-7-15(13)24(28,29)30/h2-11,35H,12H2,1H3,(H,31,33,34). The van der Waals surface area contributed by atoms with Crippen molar-refractivity contribution in [3.05, 3.63) is 89.5 Å². The van der Waals surface area contributed by atoms with Crippen LogP contribution in [0.5, 0.6) is 11.6 Å². The number of hydrogen-bond donors (Lipinski definition) is 2. The van der Waals surface area contributed by atoms with Crippen LogP contribution in [-0.2, 0) is 11.9 Å². The van der Waals surface area contributed by atoms with Gasteiger partial charge in [-0.1, -0.05) is 18.2 Å². The molecule has 192 valence electrons. The Hall–Kier alpha value is -4.00. The molecule has 4 aromatic rings. The van der Waals surface area contributed by atoms with Crippen molar-refractivity contribution in [1.82, 2.24) is 15.0 Å². The second kappa shape index (κ2) is 10.9. The molecule has 6 nitrogen and oxygen atoms in total. The van der Waals surface area contributed by atoms with Crippen LogP contribution < -0.4 is 14.8 Å². The molecule has 2 aromatic carbocycles. The highest BCUT2D eigenvalue weighted by atomic mass is 32.2. The molecule has 0 bridgehead atoms. The number of benzene rings is 2. The van der Waals surface area contributed by atoms with Crippen molar-refractivity contribution in [2.24, 2.45) is 0 Å². The Morgan fingerprint density at radius 1 is 0.946 bits per heavy atom. The van der Waals surface area contributed by atoms with E-state index >= 15 is 0 Å². The van der Waals surface area contributed by atoms with Gasteiger partial charge in [0.25, 0.3) is 0 Å². The van der Waals surface area contributed by atoms with Crippen LogP contribution in [0.3, 0.4) is 0 Å². The largest absolute Gasteiger partial charge is 0.435 e. The molecule has 0 spiro atoms. The van der Waals surface area contributed by atoms with Crippen molar-refractivity contribution in [2.75, 3.05) is 17.1 Å². The maximum Gasteiger partial charge on any atom is 0.416 e. The third kappa shape index (κ3) is 5.88. The first-order valence-electron chi connectivity index (χ1n) is 10.5. The van der Waals surface area contributed by atoms with Crippen molar-refractivity contribution >= 4 is 23.6 Å². The van der Waals surface area contributed by atoms with E-state index in [0.717, 1.165) is 6.07 Å². The van der Waals surface area contributed by atoms with Gasteiger partial charge < -0.3 is 14.8 Å². The molecule has 13 heteroatoms. The topological polar surface area (TPSA) is 72.0 Å². The zero-order valence-electron chi connectivity index (χ0n) is 18.9.